The number of carbonyl (C=O) groups excluding carboxylic acids is 2. The van der Waals surface area contributed by atoms with Gasteiger partial charge in [-0.05, 0) is 37.3 Å². The first-order valence-corrected chi connectivity index (χ1v) is 11.3. The number of carbonyl (C=O) groups is 2. The Morgan fingerprint density at radius 2 is 1.94 bits per heavy atom. The highest BCUT2D eigenvalue weighted by Crippen LogP contribution is 2.19. The van der Waals surface area contributed by atoms with Crippen LogP contribution in [0.4, 0.5) is 0 Å². The van der Waals surface area contributed by atoms with Crippen LogP contribution in [0.2, 0.25) is 0 Å². The van der Waals surface area contributed by atoms with Gasteiger partial charge in [-0.3, -0.25) is 14.4 Å². The van der Waals surface area contributed by atoms with Gasteiger partial charge in [0, 0.05) is 50.8 Å². The van der Waals surface area contributed by atoms with E-state index in [-0.39, 0.29) is 23.9 Å². The van der Waals surface area contributed by atoms with E-state index < -0.39 is 0 Å². The van der Waals surface area contributed by atoms with Crippen LogP contribution in [0.15, 0.2) is 65.8 Å². The van der Waals surface area contributed by atoms with Crippen molar-refractivity contribution >= 4 is 11.8 Å². The number of rotatable bonds is 7. The topological polar surface area (TPSA) is 89.2 Å². The van der Waals surface area contributed by atoms with Crippen LogP contribution in [-0.2, 0) is 24.4 Å². The van der Waals surface area contributed by atoms with Crippen molar-refractivity contribution in [2.24, 2.45) is 5.92 Å². The van der Waals surface area contributed by atoms with E-state index in [1.807, 2.05) is 48.4 Å². The number of nitrogens with one attached hydrogen (secondary N) is 1. The first kappa shape index (κ1) is 22.5. The van der Waals surface area contributed by atoms with E-state index in [0.717, 1.165) is 30.8 Å². The predicted octanol–water partition coefficient (Wildman–Crippen LogP) is 2.22. The minimum Gasteiger partial charge on any atom is -0.348 e. The molecule has 0 aliphatic carbocycles. The third-order valence-corrected chi connectivity index (χ3v) is 6.10. The lowest BCUT2D eigenvalue weighted by molar-refractivity contribution is -0.133. The number of imidazole rings is 1. The van der Waals surface area contributed by atoms with Crippen LogP contribution in [0.5, 0.6) is 0 Å². The number of aromatic nitrogens is 3. The standard InChI is InChI=1S/C25H29N5O3/c1-19-26-11-13-28(19)15-21-8-5-12-29(16-21)24(32)18-30-17-22(9-10-23(30)31)25(33)27-14-20-6-3-2-4-7-20/h2-4,6-7,9-11,13,17,21H,5,8,12,14-16,18H2,1H3,(H,27,33)/t21-/m0/s1. The van der Waals surface area contributed by atoms with Crippen LogP contribution in [0.25, 0.3) is 0 Å². The molecule has 8 nitrogen and oxygen atoms in total. The van der Waals surface area contributed by atoms with Crippen LogP contribution in [0.1, 0.15) is 34.6 Å². The fourth-order valence-electron chi connectivity index (χ4n) is 4.23. The molecule has 4 rings (SSSR count). The molecule has 2 aromatic heterocycles. The summed E-state index contributed by atoms with van der Waals surface area (Å²) in [5.74, 6) is 0.926. The van der Waals surface area contributed by atoms with Crippen LogP contribution in [0.3, 0.4) is 0 Å². The van der Waals surface area contributed by atoms with Crippen LogP contribution < -0.4 is 10.9 Å². The quantitative estimate of drug-likeness (QED) is 0.602. The zero-order valence-corrected chi connectivity index (χ0v) is 18.8. The Balaban J connectivity index is 1.37. The van der Waals surface area contributed by atoms with Crippen molar-refractivity contribution in [1.82, 2.24) is 24.3 Å². The van der Waals surface area contributed by atoms with Gasteiger partial charge in [-0.25, -0.2) is 4.98 Å². The summed E-state index contributed by atoms with van der Waals surface area (Å²) in [6.07, 6.45) is 7.21. The monoisotopic (exact) mass is 447 g/mol. The van der Waals surface area contributed by atoms with Crippen molar-refractivity contribution < 1.29 is 9.59 Å². The summed E-state index contributed by atoms with van der Waals surface area (Å²) in [7, 11) is 0. The van der Waals surface area contributed by atoms with Gasteiger partial charge < -0.3 is 19.4 Å². The smallest absolute Gasteiger partial charge is 0.253 e. The Morgan fingerprint density at radius 1 is 1.12 bits per heavy atom. The molecule has 1 aromatic carbocycles. The van der Waals surface area contributed by atoms with E-state index in [9.17, 15) is 14.4 Å². The van der Waals surface area contributed by atoms with Crippen LogP contribution >= 0.6 is 0 Å². The average Bonchev–Trinajstić information content (AvgIpc) is 3.23. The summed E-state index contributed by atoms with van der Waals surface area (Å²) in [6.45, 7) is 4.46. The lowest BCUT2D eigenvalue weighted by Crippen LogP contribution is -2.43. The largest absolute Gasteiger partial charge is 0.348 e. The highest BCUT2D eigenvalue weighted by molar-refractivity contribution is 5.93. The number of nitrogens with zero attached hydrogens (tertiary/aromatic N) is 4. The molecule has 1 aliphatic rings. The first-order valence-electron chi connectivity index (χ1n) is 11.3. The highest BCUT2D eigenvalue weighted by atomic mass is 16.2. The van der Waals surface area contributed by atoms with Gasteiger partial charge >= 0.3 is 0 Å². The molecular formula is C25H29N5O3. The molecule has 33 heavy (non-hydrogen) atoms. The molecule has 1 saturated heterocycles. The molecule has 2 amide bonds. The second kappa shape index (κ2) is 10.3. The number of piperidine rings is 1. The molecule has 172 valence electrons. The third kappa shape index (κ3) is 5.77. The fraction of sp³-hybridized carbons (Fsp3) is 0.360. The molecule has 3 aromatic rings. The van der Waals surface area contributed by atoms with Gasteiger partial charge in [-0.2, -0.15) is 0 Å². The molecule has 0 spiro atoms. The summed E-state index contributed by atoms with van der Waals surface area (Å²) < 4.78 is 3.43. The Kier molecular flexibility index (Phi) is 7.02. The number of hydrogen-bond donors (Lipinski definition) is 1. The van der Waals surface area contributed by atoms with E-state index in [0.29, 0.717) is 31.1 Å². The lowest BCUT2D eigenvalue weighted by Gasteiger charge is -2.33. The van der Waals surface area contributed by atoms with Crippen molar-refractivity contribution in [2.45, 2.75) is 39.4 Å². The highest BCUT2D eigenvalue weighted by Gasteiger charge is 2.24. The second-order valence-corrected chi connectivity index (χ2v) is 8.53. The zero-order valence-electron chi connectivity index (χ0n) is 18.8. The number of aryl methyl sites for hydroxylation is 1. The summed E-state index contributed by atoms with van der Waals surface area (Å²) in [5, 5.41) is 2.85. The van der Waals surface area contributed by atoms with Gasteiger partial charge in [0.1, 0.15) is 12.4 Å². The van der Waals surface area contributed by atoms with E-state index in [1.165, 1.54) is 22.9 Å². The summed E-state index contributed by atoms with van der Waals surface area (Å²) in [5.41, 5.74) is 1.04. The first-order chi connectivity index (χ1) is 16.0. The van der Waals surface area contributed by atoms with Crippen LogP contribution in [0, 0.1) is 12.8 Å². The molecule has 1 N–H and O–H groups in total. The molecule has 0 saturated carbocycles. The van der Waals surface area contributed by atoms with Crippen molar-refractivity contribution in [3.63, 3.8) is 0 Å². The lowest BCUT2D eigenvalue weighted by atomic mass is 9.97. The number of amides is 2. The Bertz CT molecular complexity index is 1170. The minimum absolute atomic E-state index is 0.0739. The maximum absolute atomic E-state index is 13.0. The minimum atomic E-state index is -0.300. The van der Waals surface area contributed by atoms with Gasteiger partial charge in [0.05, 0.1) is 5.56 Å². The molecule has 0 radical (unpaired) electrons. The number of hydrogen-bond acceptors (Lipinski definition) is 4. The molecule has 1 aliphatic heterocycles. The van der Waals surface area contributed by atoms with E-state index in [2.05, 4.69) is 14.9 Å². The maximum atomic E-state index is 13.0. The summed E-state index contributed by atoms with van der Waals surface area (Å²) >= 11 is 0. The van der Waals surface area contributed by atoms with Gasteiger partial charge in [0.15, 0.2) is 0 Å². The second-order valence-electron chi connectivity index (χ2n) is 8.53. The Hall–Kier alpha value is -3.68. The average molecular weight is 448 g/mol. The van der Waals surface area contributed by atoms with Gasteiger partial charge in [0.25, 0.3) is 11.5 Å². The summed E-state index contributed by atoms with van der Waals surface area (Å²) in [4.78, 5) is 44.0. The number of benzene rings is 1. The number of pyridine rings is 1. The van der Waals surface area contributed by atoms with Crippen molar-refractivity contribution in [3.05, 3.63) is 88.4 Å². The van der Waals surface area contributed by atoms with Crippen molar-refractivity contribution in [1.29, 1.82) is 0 Å². The fourth-order valence-corrected chi connectivity index (χ4v) is 4.23. The Morgan fingerprint density at radius 3 is 2.70 bits per heavy atom. The number of likely N-dealkylation sites (tertiary alicyclic amines) is 1. The van der Waals surface area contributed by atoms with Crippen LogP contribution in [-0.4, -0.2) is 43.9 Å². The van der Waals surface area contributed by atoms with Gasteiger partial charge in [-0.1, -0.05) is 30.3 Å². The summed E-state index contributed by atoms with van der Waals surface area (Å²) in [6, 6.07) is 12.4. The third-order valence-electron chi connectivity index (χ3n) is 6.10. The van der Waals surface area contributed by atoms with Gasteiger partial charge in [-0.15, -0.1) is 0 Å². The van der Waals surface area contributed by atoms with Crippen molar-refractivity contribution in [2.75, 3.05) is 13.1 Å². The molecule has 1 atom stereocenters. The predicted molar refractivity (Wildman–Crippen MR) is 125 cm³/mol. The Labute approximate surface area is 192 Å². The van der Waals surface area contributed by atoms with Gasteiger partial charge in [0.2, 0.25) is 5.91 Å². The van der Waals surface area contributed by atoms with E-state index in [4.69, 9.17) is 0 Å². The molecule has 0 bridgehead atoms. The van der Waals surface area contributed by atoms with E-state index >= 15 is 0 Å². The van der Waals surface area contributed by atoms with Crippen molar-refractivity contribution in [3.8, 4) is 0 Å². The molecule has 8 heteroatoms. The SMILES string of the molecule is Cc1nccn1C[C@@H]1CCCN(C(=O)Cn2cc(C(=O)NCc3ccccc3)ccc2=O)C1. The van der Waals surface area contributed by atoms with E-state index in [1.54, 1.807) is 6.20 Å². The normalized spacial score (nSPS) is 15.9. The maximum Gasteiger partial charge on any atom is 0.253 e. The molecule has 0 unspecified atom stereocenters. The molecular weight excluding hydrogens is 418 g/mol. The molecule has 3 heterocycles. The zero-order chi connectivity index (χ0) is 23.2. The molecule has 1 fully saturated rings.